The Morgan fingerprint density at radius 1 is 0.964 bits per heavy atom. The Labute approximate surface area is 169 Å². The summed E-state index contributed by atoms with van der Waals surface area (Å²) in [7, 11) is -4.44. The summed E-state index contributed by atoms with van der Waals surface area (Å²) in [6.45, 7) is 1.62. The van der Waals surface area contributed by atoms with E-state index in [4.69, 9.17) is 4.74 Å². The number of hydrogen-bond donors (Lipinski definition) is 2. The molecular weight excluding hydrogens is 385 g/mol. The Balaban J connectivity index is 3.51. The molecule has 0 aliphatic rings. The van der Waals surface area contributed by atoms with E-state index in [0.29, 0.717) is 6.42 Å². The number of aliphatic hydroxyl groups is 1. The van der Waals surface area contributed by atoms with Crippen LogP contribution in [0.25, 0.3) is 0 Å². The molecular formula is C19H40NO7P. The van der Waals surface area contributed by atoms with Crippen molar-refractivity contribution in [3.63, 3.8) is 0 Å². The molecule has 0 aromatic rings. The summed E-state index contributed by atoms with van der Waals surface area (Å²) in [4.78, 5) is 22.9. The number of ether oxygens (including phenoxy) is 1. The third-order valence-electron chi connectivity index (χ3n) is 4.24. The highest BCUT2D eigenvalue weighted by molar-refractivity contribution is 7.45. The van der Waals surface area contributed by atoms with Gasteiger partial charge in [0.2, 0.25) is 0 Å². The lowest BCUT2D eigenvalue weighted by Gasteiger charge is -2.23. The van der Waals surface area contributed by atoms with E-state index in [0.717, 1.165) is 19.3 Å². The summed E-state index contributed by atoms with van der Waals surface area (Å²) < 4.78 is 25.2. The minimum absolute atomic E-state index is 0.0786. The zero-order valence-corrected chi connectivity index (χ0v) is 18.3. The molecule has 0 aliphatic heterocycles. The maximum absolute atomic E-state index is 11.6. The number of esters is 1. The van der Waals surface area contributed by atoms with Crippen molar-refractivity contribution in [3.8, 4) is 0 Å². The predicted molar refractivity (Wildman–Crippen MR) is 105 cm³/mol. The van der Waals surface area contributed by atoms with Crippen LogP contribution in [0.4, 0.5) is 0 Å². The minimum Gasteiger partial charge on any atom is -0.756 e. The summed E-state index contributed by atoms with van der Waals surface area (Å²) in [6.07, 6.45) is 12.3. The van der Waals surface area contributed by atoms with Crippen LogP contribution >= 0.6 is 7.82 Å². The van der Waals surface area contributed by atoms with E-state index < -0.39 is 26.5 Å². The van der Waals surface area contributed by atoms with E-state index in [9.17, 15) is 19.4 Å². The van der Waals surface area contributed by atoms with Crippen LogP contribution in [0.2, 0.25) is 0 Å². The van der Waals surface area contributed by atoms with E-state index in [2.05, 4.69) is 21.7 Å². The molecule has 0 aliphatic carbocycles. The highest BCUT2D eigenvalue weighted by Gasteiger charge is 2.14. The van der Waals surface area contributed by atoms with Crippen molar-refractivity contribution >= 4 is 13.8 Å². The van der Waals surface area contributed by atoms with E-state index in [1.54, 1.807) is 0 Å². The smallest absolute Gasteiger partial charge is 0.305 e. The molecule has 0 aromatic carbocycles. The summed E-state index contributed by atoms with van der Waals surface area (Å²) in [5, 5.41) is 9.62. The van der Waals surface area contributed by atoms with Gasteiger partial charge in [0, 0.05) is 6.42 Å². The summed E-state index contributed by atoms with van der Waals surface area (Å²) in [5.74, 6) is -0.395. The number of quaternary nitrogens is 1. The number of phosphoric acid groups is 1. The van der Waals surface area contributed by atoms with Crippen molar-refractivity contribution in [1.82, 2.24) is 0 Å². The lowest BCUT2D eigenvalue weighted by Crippen LogP contribution is -2.52. The molecule has 4 N–H and O–H groups in total. The number of carbonyl (C=O) groups excluding carboxylic acids is 1. The Bertz CT molecular complexity index is 423. The first-order valence-electron chi connectivity index (χ1n) is 10.6. The van der Waals surface area contributed by atoms with Gasteiger partial charge in [-0.1, -0.05) is 71.1 Å². The molecule has 0 rings (SSSR count). The zero-order valence-electron chi connectivity index (χ0n) is 17.4. The van der Waals surface area contributed by atoms with Crippen molar-refractivity contribution in [2.45, 2.75) is 90.1 Å². The first-order chi connectivity index (χ1) is 13.4. The van der Waals surface area contributed by atoms with Crippen molar-refractivity contribution in [2.75, 3.05) is 26.4 Å². The van der Waals surface area contributed by atoms with Gasteiger partial charge in [-0.25, -0.2) is 0 Å². The SMILES string of the molecule is CCCCCCCCCCCCCC(=O)OC[C@@H](O)COP(=O)([O-])OCC[NH3+]. The van der Waals surface area contributed by atoms with Gasteiger partial charge in [0.25, 0.3) is 7.82 Å². The summed E-state index contributed by atoms with van der Waals surface area (Å²) >= 11 is 0. The molecule has 0 saturated heterocycles. The molecule has 0 radical (unpaired) electrons. The third kappa shape index (κ3) is 18.8. The second-order valence-electron chi connectivity index (χ2n) is 7.05. The lowest BCUT2D eigenvalue weighted by atomic mass is 10.1. The molecule has 0 bridgehead atoms. The van der Waals surface area contributed by atoms with Crippen LogP contribution in [0, 0.1) is 0 Å². The molecule has 8 nitrogen and oxygen atoms in total. The first-order valence-corrected chi connectivity index (χ1v) is 12.1. The fourth-order valence-electron chi connectivity index (χ4n) is 2.63. The molecule has 0 aromatic heterocycles. The molecule has 28 heavy (non-hydrogen) atoms. The molecule has 0 heterocycles. The van der Waals surface area contributed by atoms with Gasteiger partial charge in [-0.3, -0.25) is 9.36 Å². The van der Waals surface area contributed by atoms with Crippen LogP contribution < -0.4 is 10.6 Å². The van der Waals surface area contributed by atoms with Gasteiger partial charge < -0.3 is 29.5 Å². The number of carbonyl (C=O) groups is 1. The van der Waals surface area contributed by atoms with Crippen LogP contribution in [-0.2, 0) is 23.1 Å². The van der Waals surface area contributed by atoms with E-state index in [1.165, 1.54) is 51.4 Å². The number of hydrogen-bond acceptors (Lipinski definition) is 7. The van der Waals surface area contributed by atoms with Crippen LogP contribution in [0.1, 0.15) is 84.0 Å². The van der Waals surface area contributed by atoms with Gasteiger partial charge in [-0.05, 0) is 6.42 Å². The average molecular weight is 426 g/mol. The predicted octanol–water partition coefficient (Wildman–Crippen LogP) is 2.34. The molecule has 0 saturated carbocycles. The summed E-state index contributed by atoms with van der Waals surface area (Å²) in [6, 6.07) is 0. The van der Waals surface area contributed by atoms with Gasteiger partial charge in [0.1, 0.15) is 19.3 Å². The van der Waals surface area contributed by atoms with Gasteiger partial charge in [-0.15, -0.1) is 0 Å². The molecule has 0 spiro atoms. The molecule has 1 unspecified atom stereocenters. The van der Waals surface area contributed by atoms with Crippen LogP contribution in [0.5, 0.6) is 0 Å². The minimum atomic E-state index is -4.44. The Morgan fingerprint density at radius 3 is 2.04 bits per heavy atom. The number of unbranched alkanes of at least 4 members (excludes halogenated alkanes) is 10. The zero-order chi connectivity index (χ0) is 21.1. The van der Waals surface area contributed by atoms with Crippen molar-refractivity contribution in [3.05, 3.63) is 0 Å². The van der Waals surface area contributed by atoms with Gasteiger partial charge in [0.15, 0.2) is 0 Å². The quantitative estimate of drug-likeness (QED) is 0.174. The van der Waals surface area contributed by atoms with Crippen molar-refractivity contribution in [2.24, 2.45) is 0 Å². The second kappa shape index (κ2) is 18.5. The van der Waals surface area contributed by atoms with Gasteiger partial charge >= 0.3 is 5.97 Å². The first kappa shape index (κ1) is 27.5. The van der Waals surface area contributed by atoms with Crippen molar-refractivity contribution in [1.29, 1.82) is 0 Å². The number of aliphatic hydroxyl groups excluding tert-OH is 1. The third-order valence-corrected chi connectivity index (χ3v) is 5.20. The standard InChI is InChI=1S/C19H40NO7P/c1-2-3-4-5-6-7-8-9-10-11-12-13-19(22)25-16-18(21)17-27-28(23,24)26-15-14-20/h18,21H,2-17,20H2,1H3,(H,23,24)/t18-/m1/s1. The van der Waals surface area contributed by atoms with E-state index in [-0.39, 0.29) is 19.8 Å². The molecule has 0 amide bonds. The maximum Gasteiger partial charge on any atom is 0.305 e. The Hall–Kier alpha value is -0.500. The Morgan fingerprint density at radius 2 is 1.50 bits per heavy atom. The highest BCUT2D eigenvalue weighted by atomic mass is 31.2. The largest absolute Gasteiger partial charge is 0.756 e. The summed E-state index contributed by atoms with van der Waals surface area (Å²) in [5.41, 5.74) is 3.45. The van der Waals surface area contributed by atoms with Crippen LogP contribution in [0.3, 0.4) is 0 Å². The Kier molecular flexibility index (Phi) is 18.2. The van der Waals surface area contributed by atoms with Crippen LogP contribution in [-0.4, -0.2) is 43.5 Å². The van der Waals surface area contributed by atoms with E-state index in [1.807, 2.05) is 0 Å². The molecule has 2 atom stereocenters. The second-order valence-corrected chi connectivity index (χ2v) is 8.46. The fourth-order valence-corrected chi connectivity index (χ4v) is 3.42. The monoisotopic (exact) mass is 425 g/mol. The molecule has 0 fully saturated rings. The lowest BCUT2D eigenvalue weighted by molar-refractivity contribution is -0.373. The van der Waals surface area contributed by atoms with Gasteiger partial charge in [0.05, 0.1) is 13.2 Å². The van der Waals surface area contributed by atoms with Gasteiger partial charge in [-0.2, -0.15) is 0 Å². The van der Waals surface area contributed by atoms with E-state index >= 15 is 0 Å². The topological polar surface area (TPSA) is 133 Å². The average Bonchev–Trinajstić information content (AvgIpc) is 2.67. The number of rotatable bonds is 20. The molecule has 9 heteroatoms. The van der Waals surface area contributed by atoms with Crippen molar-refractivity contribution < 1.29 is 38.9 Å². The fraction of sp³-hybridized carbons (Fsp3) is 0.947. The normalized spacial score (nSPS) is 14.6. The van der Waals surface area contributed by atoms with Crippen LogP contribution in [0.15, 0.2) is 0 Å². The number of phosphoric ester groups is 1. The highest BCUT2D eigenvalue weighted by Crippen LogP contribution is 2.37. The molecule has 168 valence electrons. The maximum atomic E-state index is 11.6.